The second-order valence-electron chi connectivity index (χ2n) is 3.81. The largest absolute Gasteiger partial charge is 0.491 e. The number of fused-ring (bicyclic) bond motifs is 1. The first-order chi connectivity index (χ1) is 8.29. The van der Waals surface area contributed by atoms with Crippen LogP contribution in [0, 0.1) is 0 Å². The maximum absolute atomic E-state index is 9.39. The molecule has 4 nitrogen and oxygen atoms in total. The molecule has 0 spiro atoms. The summed E-state index contributed by atoms with van der Waals surface area (Å²) in [6, 6.07) is 13.8. The molecule has 0 aliphatic carbocycles. The van der Waals surface area contributed by atoms with E-state index in [1.807, 2.05) is 42.5 Å². The molecule has 0 radical (unpaired) electrons. The van der Waals surface area contributed by atoms with E-state index in [0.717, 1.165) is 16.5 Å². The van der Waals surface area contributed by atoms with Gasteiger partial charge in [-0.2, -0.15) is 0 Å². The normalized spacial score (nSPS) is 12.6. The Morgan fingerprint density at radius 3 is 2.59 bits per heavy atom. The van der Waals surface area contributed by atoms with Crippen molar-refractivity contribution in [2.24, 2.45) is 5.90 Å². The van der Waals surface area contributed by atoms with Gasteiger partial charge in [0.25, 0.3) is 0 Å². The summed E-state index contributed by atoms with van der Waals surface area (Å²) in [7, 11) is 0. The van der Waals surface area contributed by atoms with E-state index in [1.165, 1.54) is 0 Å². The summed E-state index contributed by atoms with van der Waals surface area (Å²) < 4.78 is 5.44. The third-order valence-electron chi connectivity index (χ3n) is 2.45. The third-order valence-corrected chi connectivity index (χ3v) is 2.45. The molecule has 0 aliphatic rings. The van der Waals surface area contributed by atoms with Crippen molar-refractivity contribution < 1.29 is 14.7 Å². The molecule has 0 saturated heterocycles. The first-order valence-electron chi connectivity index (χ1n) is 5.41. The molecule has 0 amide bonds. The van der Waals surface area contributed by atoms with E-state index in [1.54, 1.807) is 0 Å². The van der Waals surface area contributed by atoms with Crippen molar-refractivity contribution in [3.8, 4) is 5.75 Å². The fourth-order valence-corrected chi connectivity index (χ4v) is 1.61. The van der Waals surface area contributed by atoms with Gasteiger partial charge in [-0.1, -0.05) is 30.3 Å². The van der Waals surface area contributed by atoms with Crippen LogP contribution in [0.25, 0.3) is 10.8 Å². The molecule has 0 saturated carbocycles. The zero-order chi connectivity index (χ0) is 12.1. The minimum absolute atomic E-state index is 0.0631. The summed E-state index contributed by atoms with van der Waals surface area (Å²) in [4.78, 5) is 4.33. The van der Waals surface area contributed by atoms with Crippen molar-refractivity contribution >= 4 is 10.8 Å². The van der Waals surface area contributed by atoms with Crippen LogP contribution in [0.4, 0.5) is 0 Å². The van der Waals surface area contributed by atoms with Gasteiger partial charge in [0, 0.05) is 0 Å². The Kier molecular flexibility index (Phi) is 3.93. The summed E-state index contributed by atoms with van der Waals surface area (Å²) in [6.45, 7) is 0.225. The van der Waals surface area contributed by atoms with Gasteiger partial charge in [0.05, 0.1) is 6.61 Å². The van der Waals surface area contributed by atoms with Crippen LogP contribution in [0.2, 0.25) is 0 Å². The van der Waals surface area contributed by atoms with E-state index in [9.17, 15) is 5.11 Å². The van der Waals surface area contributed by atoms with Crippen molar-refractivity contribution in [2.45, 2.75) is 6.10 Å². The van der Waals surface area contributed by atoms with Crippen LogP contribution in [0.5, 0.6) is 5.75 Å². The molecular weight excluding hydrogens is 218 g/mol. The summed E-state index contributed by atoms with van der Waals surface area (Å²) in [5.41, 5.74) is 0. The Labute approximate surface area is 99.5 Å². The second-order valence-corrected chi connectivity index (χ2v) is 3.81. The van der Waals surface area contributed by atoms with Gasteiger partial charge in [-0.3, -0.25) is 0 Å². The van der Waals surface area contributed by atoms with Gasteiger partial charge in [0.1, 0.15) is 18.5 Å². The van der Waals surface area contributed by atoms with Gasteiger partial charge in [-0.25, -0.2) is 5.90 Å². The quantitative estimate of drug-likeness (QED) is 0.767. The predicted octanol–water partition coefficient (Wildman–Crippen LogP) is 1.47. The number of hydrogen-bond donors (Lipinski definition) is 2. The van der Waals surface area contributed by atoms with E-state index >= 15 is 0 Å². The van der Waals surface area contributed by atoms with Crippen molar-refractivity contribution in [1.29, 1.82) is 0 Å². The number of rotatable bonds is 5. The molecule has 0 aromatic heterocycles. The molecule has 1 unspecified atom stereocenters. The number of hydrogen-bond acceptors (Lipinski definition) is 4. The van der Waals surface area contributed by atoms with Gasteiger partial charge >= 0.3 is 0 Å². The van der Waals surface area contributed by atoms with Crippen LogP contribution >= 0.6 is 0 Å². The monoisotopic (exact) mass is 233 g/mol. The van der Waals surface area contributed by atoms with Gasteiger partial charge in [0.15, 0.2) is 0 Å². The van der Waals surface area contributed by atoms with Crippen molar-refractivity contribution in [2.75, 3.05) is 13.2 Å². The molecule has 2 rings (SSSR count). The SMILES string of the molecule is NOCC(O)COc1ccc2ccccc2c1. The first-order valence-corrected chi connectivity index (χ1v) is 5.41. The van der Waals surface area contributed by atoms with Gasteiger partial charge in [-0.15, -0.1) is 0 Å². The Hall–Kier alpha value is -1.62. The molecule has 2 aromatic carbocycles. The smallest absolute Gasteiger partial charge is 0.120 e. The molecular formula is C13H15NO3. The van der Waals surface area contributed by atoms with E-state index in [0.29, 0.717) is 0 Å². The summed E-state index contributed by atoms with van der Waals surface area (Å²) in [5, 5.41) is 11.7. The Bertz CT molecular complexity index is 487. The predicted molar refractivity (Wildman–Crippen MR) is 65.6 cm³/mol. The molecule has 0 heterocycles. The van der Waals surface area contributed by atoms with Crippen LogP contribution in [-0.4, -0.2) is 24.4 Å². The van der Waals surface area contributed by atoms with E-state index < -0.39 is 6.10 Å². The van der Waals surface area contributed by atoms with Gasteiger partial charge < -0.3 is 14.7 Å². The average molecular weight is 233 g/mol. The Balaban J connectivity index is 2.04. The van der Waals surface area contributed by atoms with Gasteiger partial charge in [0.2, 0.25) is 0 Å². The lowest BCUT2D eigenvalue weighted by atomic mass is 10.1. The molecule has 3 N–H and O–H groups in total. The highest BCUT2D eigenvalue weighted by atomic mass is 16.6. The van der Waals surface area contributed by atoms with Crippen LogP contribution in [0.1, 0.15) is 0 Å². The van der Waals surface area contributed by atoms with E-state index in [4.69, 9.17) is 10.6 Å². The number of ether oxygens (including phenoxy) is 1. The van der Waals surface area contributed by atoms with Crippen LogP contribution < -0.4 is 10.6 Å². The molecule has 2 aromatic rings. The lowest BCUT2D eigenvalue weighted by molar-refractivity contribution is 0.0116. The highest BCUT2D eigenvalue weighted by molar-refractivity contribution is 5.83. The molecule has 17 heavy (non-hydrogen) atoms. The Morgan fingerprint density at radius 2 is 1.82 bits per heavy atom. The third kappa shape index (κ3) is 3.17. The summed E-state index contributed by atoms with van der Waals surface area (Å²) >= 11 is 0. The molecule has 90 valence electrons. The zero-order valence-corrected chi connectivity index (χ0v) is 9.37. The highest BCUT2D eigenvalue weighted by Crippen LogP contribution is 2.20. The number of aliphatic hydroxyl groups is 1. The molecule has 4 heteroatoms. The topological polar surface area (TPSA) is 64.7 Å². The van der Waals surface area contributed by atoms with Crippen LogP contribution in [0.15, 0.2) is 42.5 Å². The molecule has 1 atom stereocenters. The standard InChI is InChI=1S/C13H15NO3/c14-17-9-12(15)8-16-13-6-5-10-3-1-2-4-11(10)7-13/h1-7,12,15H,8-9,14H2. The van der Waals surface area contributed by atoms with Crippen molar-refractivity contribution in [3.63, 3.8) is 0 Å². The van der Waals surface area contributed by atoms with E-state index in [-0.39, 0.29) is 13.2 Å². The summed E-state index contributed by atoms with van der Waals surface area (Å²) in [6.07, 6.45) is -0.716. The molecule has 0 fully saturated rings. The number of nitrogens with two attached hydrogens (primary N) is 1. The van der Waals surface area contributed by atoms with Crippen LogP contribution in [0.3, 0.4) is 0 Å². The Morgan fingerprint density at radius 1 is 1.06 bits per heavy atom. The maximum Gasteiger partial charge on any atom is 0.120 e. The zero-order valence-electron chi connectivity index (χ0n) is 9.37. The molecule has 0 aliphatic heterocycles. The van der Waals surface area contributed by atoms with Crippen molar-refractivity contribution in [1.82, 2.24) is 0 Å². The number of benzene rings is 2. The fourth-order valence-electron chi connectivity index (χ4n) is 1.61. The maximum atomic E-state index is 9.39. The van der Waals surface area contributed by atoms with Gasteiger partial charge in [-0.05, 0) is 22.9 Å². The average Bonchev–Trinajstić information content (AvgIpc) is 2.36. The van der Waals surface area contributed by atoms with Crippen molar-refractivity contribution in [3.05, 3.63) is 42.5 Å². The lowest BCUT2D eigenvalue weighted by Crippen LogP contribution is -2.25. The lowest BCUT2D eigenvalue weighted by Gasteiger charge is -2.11. The molecule has 0 bridgehead atoms. The highest BCUT2D eigenvalue weighted by Gasteiger charge is 2.05. The fraction of sp³-hybridized carbons (Fsp3) is 0.231. The number of aliphatic hydroxyl groups excluding tert-OH is 1. The second kappa shape index (κ2) is 5.63. The van der Waals surface area contributed by atoms with Crippen LogP contribution in [-0.2, 0) is 4.84 Å². The minimum Gasteiger partial charge on any atom is -0.491 e. The summed E-state index contributed by atoms with van der Waals surface area (Å²) in [5.74, 6) is 5.58. The van der Waals surface area contributed by atoms with E-state index in [2.05, 4.69) is 4.84 Å². The minimum atomic E-state index is -0.716. The first kappa shape index (κ1) is 11.9.